The Kier molecular flexibility index (Phi) is 3.66. The van der Waals surface area contributed by atoms with Crippen LogP contribution < -0.4 is 5.32 Å². The molecule has 0 fully saturated rings. The van der Waals surface area contributed by atoms with Crippen molar-refractivity contribution in [3.63, 3.8) is 0 Å². The highest BCUT2D eigenvalue weighted by Gasteiger charge is 2.06. The summed E-state index contributed by atoms with van der Waals surface area (Å²) in [6, 6.07) is 6.88. The van der Waals surface area contributed by atoms with Gasteiger partial charge in [-0.1, -0.05) is 11.6 Å². The Morgan fingerprint density at radius 1 is 1.29 bits per heavy atom. The van der Waals surface area contributed by atoms with Crippen LogP contribution in [-0.4, -0.2) is 15.5 Å². The Labute approximate surface area is 108 Å². The van der Waals surface area contributed by atoms with Gasteiger partial charge in [0.25, 0.3) is 0 Å². The topological polar surface area (TPSA) is 46.9 Å². The minimum Gasteiger partial charge on any atom is -0.325 e. The molecule has 17 heavy (non-hydrogen) atoms. The van der Waals surface area contributed by atoms with Crippen molar-refractivity contribution in [1.82, 2.24) is 9.55 Å². The van der Waals surface area contributed by atoms with Crippen molar-refractivity contribution in [2.24, 2.45) is 0 Å². The molecule has 0 aliphatic rings. The van der Waals surface area contributed by atoms with Gasteiger partial charge in [0.2, 0.25) is 11.2 Å². The monoisotopic (exact) mass is 269 g/mol. The van der Waals surface area contributed by atoms with Gasteiger partial charge in [0.05, 0.1) is 0 Å². The van der Waals surface area contributed by atoms with Gasteiger partial charge in [-0.05, 0) is 35.9 Å². The van der Waals surface area contributed by atoms with E-state index in [2.05, 4.69) is 10.3 Å². The Morgan fingerprint density at radius 2 is 2.00 bits per heavy atom. The zero-order valence-electron chi connectivity index (χ0n) is 8.73. The number of nitrogens with one attached hydrogen (secondary N) is 1. The van der Waals surface area contributed by atoms with E-state index < -0.39 is 0 Å². The van der Waals surface area contributed by atoms with Crippen LogP contribution in [0.1, 0.15) is 0 Å². The molecule has 0 saturated heterocycles. The molecule has 0 unspecified atom stereocenters. The number of carbonyl (C=O) groups is 1. The van der Waals surface area contributed by atoms with E-state index in [0.29, 0.717) is 10.7 Å². The molecule has 0 atom stereocenters. The van der Waals surface area contributed by atoms with Crippen LogP contribution in [0, 0.1) is 0 Å². The van der Waals surface area contributed by atoms with Crippen LogP contribution >= 0.6 is 23.2 Å². The van der Waals surface area contributed by atoms with Gasteiger partial charge in [-0.25, -0.2) is 4.98 Å². The van der Waals surface area contributed by atoms with E-state index in [4.69, 9.17) is 23.2 Å². The zero-order valence-corrected chi connectivity index (χ0v) is 10.2. The fourth-order valence-corrected chi connectivity index (χ4v) is 1.62. The molecule has 0 aliphatic carbocycles. The quantitative estimate of drug-likeness (QED) is 0.932. The van der Waals surface area contributed by atoms with E-state index in [1.165, 1.54) is 6.20 Å². The number of nitrogens with zero attached hydrogens (tertiary/aromatic N) is 2. The van der Waals surface area contributed by atoms with Gasteiger partial charge in [0, 0.05) is 23.1 Å². The summed E-state index contributed by atoms with van der Waals surface area (Å²) in [7, 11) is 0. The lowest BCUT2D eigenvalue weighted by Gasteiger charge is -2.06. The fraction of sp³-hybridized carbons (Fsp3) is 0.0909. The first kappa shape index (κ1) is 12.0. The molecule has 2 aromatic rings. The summed E-state index contributed by atoms with van der Waals surface area (Å²) in [5.41, 5.74) is 0.690. The molecule has 1 heterocycles. The molecular weight excluding hydrogens is 261 g/mol. The highest BCUT2D eigenvalue weighted by Crippen LogP contribution is 2.13. The van der Waals surface area contributed by atoms with Gasteiger partial charge < -0.3 is 9.88 Å². The van der Waals surface area contributed by atoms with Crippen LogP contribution in [0.3, 0.4) is 0 Å². The largest absolute Gasteiger partial charge is 0.325 e. The summed E-state index contributed by atoms with van der Waals surface area (Å²) in [6.07, 6.45) is 3.18. The molecule has 0 spiro atoms. The fourth-order valence-electron chi connectivity index (χ4n) is 1.32. The number of aromatic nitrogens is 2. The lowest BCUT2D eigenvalue weighted by Crippen LogP contribution is -2.18. The average molecular weight is 270 g/mol. The van der Waals surface area contributed by atoms with Crippen molar-refractivity contribution in [3.05, 3.63) is 47.0 Å². The molecule has 0 bridgehead atoms. The number of carbonyl (C=O) groups excluding carboxylic acids is 1. The van der Waals surface area contributed by atoms with Crippen LogP contribution in [0.5, 0.6) is 0 Å². The summed E-state index contributed by atoms with van der Waals surface area (Å²) in [4.78, 5) is 15.5. The average Bonchev–Trinajstić information content (AvgIpc) is 2.68. The van der Waals surface area contributed by atoms with E-state index in [-0.39, 0.29) is 17.7 Å². The predicted molar refractivity (Wildman–Crippen MR) is 67.3 cm³/mol. The van der Waals surface area contributed by atoms with Crippen LogP contribution in [-0.2, 0) is 11.3 Å². The second-order valence-corrected chi connectivity index (χ2v) is 4.15. The van der Waals surface area contributed by atoms with Gasteiger partial charge >= 0.3 is 0 Å². The van der Waals surface area contributed by atoms with Gasteiger partial charge in [-0.3, -0.25) is 4.79 Å². The Morgan fingerprint density at radius 3 is 2.59 bits per heavy atom. The summed E-state index contributed by atoms with van der Waals surface area (Å²) in [6.45, 7) is 0.126. The molecule has 4 nitrogen and oxygen atoms in total. The van der Waals surface area contributed by atoms with Crippen molar-refractivity contribution >= 4 is 34.8 Å². The maximum atomic E-state index is 11.7. The van der Waals surface area contributed by atoms with Crippen LogP contribution in [0.4, 0.5) is 5.69 Å². The molecule has 6 heteroatoms. The molecular formula is C11H9Cl2N3O. The highest BCUT2D eigenvalue weighted by atomic mass is 35.5. The third kappa shape index (κ3) is 3.22. The van der Waals surface area contributed by atoms with E-state index in [1.54, 1.807) is 35.0 Å². The van der Waals surface area contributed by atoms with E-state index in [0.717, 1.165) is 0 Å². The molecule has 88 valence electrons. The lowest BCUT2D eigenvalue weighted by molar-refractivity contribution is -0.116. The molecule has 0 saturated carbocycles. The maximum absolute atomic E-state index is 11.7. The second-order valence-electron chi connectivity index (χ2n) is 3.38. The molecule has 1 aromatic heterocycles. The summed E-state index contributed by atoms with van der Waals surface area (Å²) >= 11 is 11.5. The Hall–Kier alpha value is -1.52. The number of anilines is 1. The van der Waals surface area contributed by atoms with Gasteiger partial charge in [0.1, 0.15) is 6.54 Å². The number of rotatable bonds is 3. The normalized spacial score (nSPS) is 10.2. The third-order valence-corrected chi connectivity index (χ3v) is 2.67. The first-order valence-corrected chi connectivity index (χ1v) is 5.63. The minimum absolute atomic E-state index is 0.126. The van der Waals surface area contributed by atoms with E-state index >= 15 is 0 Å². The standard InChI is InChI=1S/C11H9Cl2N3O/c12-8-1-3-9(4-2-8)15-10(17)7-16-6-5-14-11(16)13/h1-6H,7H2,(H,15,17). The predicted octanol–water partition coefficient (Wildman–Crippen LogP) is 2.83. The van der Waals surface area contributed by atoms with Crippen molar-refractivity contribution < 1.29 is 4.79 Å². The number of imidazole rings is 1. The highest BCUT2D eigenvalue weighted by molar-refractivity contribution is 6.30. The molecule has 1 amide bonds. The number of amides is 1. The van der Waals surface area contributed by atoms with Gasteiger partial charge in [-0.15, -0.1) is 0 Å². The number of benzene rings is 1. The van der Waals surface area contributed by atoms with Gasteiger partial charge in [-0.2, -0.15) is 0 Å². The maximum Gasteiger partial charge on any atom is 0.244 e. The van der Waals surface area contributed by atoms with Crippen LogP contribution in [0.25, 0.3) is 0 Å². The summed E-state index contributed by atoms with van der Waals surface area (Å²) in [5.74, 6) is -0.174. The van der Waals surface area contributed by atoms with Crippen molar-refractivity contribution in [2.45, 2.75) is 6.54 Å². The minimum atomic E-state index is -0.174. The zero-order chi connectivity index (χ0) is 12.3. The SMILES string of the molecule is O=C(Cn1ccnc1Cl)Nc1ccc(Cl)cc1. The Bertz CT molecular complexity index is 522. The summed E-state index contributed by atoms with van der Waals surface area (Å²) < 4.78 is 1.55. The molecule has 1 aromatic carbocycles. The van der Waals surface area contributed by atoms with Crippen LogP contribution in [0.15, 0.2) is 36.7 Å². The van der Waals surface area contributed by atoms with Crippen molar-refractivity contribution in [3.8, 4) is 0 Å². The molecule has 2 rings (SSSR count). The number of hydrogen-bond acceptors (Lipinski definition) is 2. The van der Waals surface area contributed by atoms with Crippen molar-refractivity contribution in [1.29, 1.82) is 0 Å². The first-order valence-electron chi connectivity index (χ1n) is 4.87. The molecule has 0 aliphatic heterocycles. The third-order valence-electron chi connectivity index (χ3n) is 2.11. The lowest BCUT2D eigenvalue weighted by atomic mass is 10.3. The summed E-state index contributed by atoms with van der Waals surface area (Å²) in [5, 5.41) is 3.64. The number of hydrogen-bond donors (Lipinski definition) is 1. The number of halogens is 2. The Balaban J connectivity index is 1.98. The smallest absolute Gasteiger partial charge is 0.244 e. The first-order chi connectivity index (χ1) is 8.15. The second kappa shape index (κ2) is 5.21. The molecule has 1 N–H and O–H groups in total. The van der Waals surface area contributed by atoms with Crippen molar-refractivity contribution in [2.75, 3.05) is 5.32 Å². The van der Waals surface area contributed by atoms with Crippen LogP contribution in [0.2, 0.25) is 10.3 Å². The van der Waals surface area contributed by atoms with E-state index in [9.17, 15) is 4.79 Å². The van der Waals surface area contributed by atoms with Gasteiger partial charge in [0.15, 0.2) is 0 Å². The molecule has 0 radical (unpaired) electrons. The van der Waals surface area contributed by atoms with E-state index in [1.807, 2.05) is 0 Å².